The Morgan fingerprint density at radius 1 is 0.413 bits per heavy atom. The fourth-order valence-corrected chi connectivity index (χ4v) is 5.72. The minimum atomic E-state index is 0.744. The highest BCUT2D eigenvalue weighted by Crippen LogP contribution is 2.16. The van der Waals surface area contributed by atoms with Gasteiger partial charge in [0.1, 0.15) is 15.7 Å². The summed E-state index contributed by atoms with van der Waals surface area (Å²) in [4.78, 5) is 0. The van der Waals surface area contributed by atoms with Gasteiger partial charge in [-0.3, -0.25) is 0 Å². The summed E-state index contributed by atoms with van der Waals surface area (Å²) in [5, 5.41) is 0. The quantitative estimate of drug-likeness (QED) is 0.161. The van der Waals surface area contributed by atoms with Crippen LogP contribution in [0.4, 0.5) is 0 Å². The van der Waals surface area contributed by atoms with Gasteiger partial charge in [-0.25, -0.2) is 18.3 Å². The molecule has 2 aromatic carbocycles. The third kappa shape index (κ3) is 8.02. The van der Waals surface area contributed by atoms with E-state index in [1.807, 2.05) is 24.3 Å². The number of rotatable bonds is 11. The van der Waals surface area contributed by atoms with Crippen LogP contribution in [-0.4, -0.2) is 15.7 Å². The topological polar surface area (TPSA) is 15.5 Å². The molecule has 0 spiro atoms. The Kier molecular flexibility index (Phi) is 9.45. The lowest BCUT2D eigenvalue weighted by atomic mass is 9.91. The summed E-state index contributed by atoms with van der Waals surface area (Å²) in [7, 11) is 12.6. The molecule has 0 amide bonds. The van der Waals surface area contributed by atoms with E-state index in [9.17, 15) is 0 Å². The second-order valence-electron chi connectivity index (χ2n) is 11.7. The summed E-state index contributed by atoms with van der Waals surface area (Å²) in [6.45, 7) is 10.7. The molecule has 0 unspecified atom stereocenters. The number of aromatic nitrogens is 4. The average molecular weight is 594 g/mol. The van der Waals surface area contributed by atoms with Crippen molar-refractivity contribution in [1.29, 1.82) is 0 Å². The molecule has 6 aromatic rings. The van der Waals surface area contributed by atoms with Gasteiger partial charge in [-0.15, -0.1) is 0 Å². The first-order valence-electron chi connectivity index (χ1n) is 15.4. The smallest absolute Gasteiger partial charge is 0.173 e. The molecular weight excluding hydrogens is 558 g/mol. The molecule has 4 aromatic heterocycles. The van der Waals surface area contributed by atoms with E-state index in [0.29, 0.717) is 0 Å². The molecule has 0 bridgehead atoms. The molecule has 4 heterocycles. The molecule has 4 radical (unpaired) electrons. The molecule has 6 rings (SSSR count). The molecule has 4 nitrogen and oxygen atoms in total. The molecule has 0 aliphatic heterocycles. The predicted molar refractivity (Wildman–Crippen MR) is 186 cm³/mol. The summed E-state index contributed by atoms with van der Waals surface area (Å²) < 4.78 is 8.66. The molecule has 46 heavy (non-hydrogen) atoms. The number of benzene rings is 2. The van der Waals surface area contributed by atoms with Crippen LogP contribution in [0.3, 0.4) is 0 Å². The Morgan fingerprint density at radius 2 is 0.674 bits per heavy atom. The Bertz CT molecular complexity index is 1820. The standard InChI is InChI=1S/C40H36B2N4/c1-3-31-5-13-43(14-6-31)27-33-21-35(25-39(41)23-33)29-45-17-9-37(10-18-45)38-11-19-46(20-12-38)30-36-22-34(24-40(42)26-36)28-44-15-7-32(4-2)8-16-44/h3-26H,1-2,27-30H2/q+4. The minimum Gasteiger partial charge on any atom is -0.201 e. The maximum Gasteiger partial charge on any atom is 0.173 e. The second kappa shape index (κ2) is 14.2. The van der Waals surface area contributed by atoms with Crippen LogP contribution >= 0.6 is 0 Å². The second-order valence-corrected chi connectivity index (χ2v) is 11.7. The van der Waals surface area contributed by atoms with Crippen molar-refractivity contribution in [2.75, 3.05) is 0 Å². The Balaban J connectivity index is 1.09. The van der Waals surface area contributed by atoms with Crippen molar-refractivity contribution in [2.45, 2.75) is 26.2 Å². The summed E-state index contributed by atoms with van der Waals surface area (Å²) in [5.41, 5.74) is 10.8. The van der Waals surface area contributed by atoms with Crippen LogP contribution in [0.15, 0.2) is 148 Å². The van der Waals surface area contributed by atoms with E-state index in [0.717, 1.165) is 48.2 Å². The van der Waals surface area contributed by atoms with E-state index in [-0.39, 0.29) is 0 Å². The molecular formula is C40H36B2N4+4. The summed E-state index contributed by atoms with van der Waals surface area (Å²) >= 11 is 0. The van der Waals surface area contributed by atoms with Crippen molar-refractivity contribution in [1.82, 2.24) is 0 Å². The zero-order valence-electron chi connectivity index (χ0n) is 26.0. The highest BCUT2D eigenvalue weighted by molar-refractivity contribution is 6.32. The van der Waals surface area contributed by atoms with Gasteiger partial charge in [0.15, 0.2) is 75.8 Å². The molecule has 0 aliphatic carbocycles. The molecule has 0 saturated heterocycles. The van der Waals surface area contributed by atoms with E-state index >= 15 is 0 Å². The normalized spacial score (nSPS) is 10.9. The Hall–Kier alpha value is -5.35. The predicted octanol–water partition coefficient (Wildman–Crippen LogP) is 3.57. The monoisotopic (exact) mass is 594 g/mol. The number of pyridine rings is 4. The minimum absolute atomic E-state index is 0.744. The van der Waals surface area contributed by atoms with Crippen LogP contribution in [0.2, 0.25) is 0 Å². The van der Waals surface area contributed by atoms with Crippen LogP contribution in [0.5, 0.6) is 0 Å². The van der Waals surface area contributed by atoms with Crippen molar-refractivity contribution in [2.24, 2.45) is 0 Å². The maximum absolute atomic E-state index is 6.28. The molecule has 0 saturated carbocycles. The van der Waals surface area contributed by atoms with E-state index < -0.39 is 0 Å². The van der Waals surface area contributed by atoms with Gasteiger partial charge in [-0.1, -0.05) is 60.5 Å². The number of hydrogen-bond acceptors (Lipinski definition) is 0. The summed E-state index contributed by atoms with van der Waals surface area (Å²) in [6, 6.07) is 29.5. The third-order valence-corrected chi connectivity index (χ3v) is 8.03. The van der Waals surface area contributed by atoms with Gasteiger partial charge in [-0.05, 0) is 34.4 Å². The van der Waals surface area contributed by atoms with Crippen LogP contribution in [0.1, 0.15) is 33.4 Å². The molecule has 0 fully saturated rings. The van der Waals surface area contributed by atoms with Gasteiger partial charge in [0.2, 0.25) is 0 Å². The number of nitrogens with zero attached hydrogens (tertiary/aromatic N) is 4. The average Bonchev–Trinajstić information content (AvgIpc) is 3.06. The lowest BCUT2D eigenvalue weighted by molar-refractivity contribution is -0.689. The van der Waals surface area contributed by atoms with E-state index in [1.165, 1.54) is 33.4 Å². The lowest BCUT2D eigenvalue weighted by Gasteiger charge is -2.06. The number of hydrogen-bond donors (Lipinski definition) is 0. The Morgan fingerprint density at radius 3 is 0.935 bits per heavy atom. The van der Waals surface area contributed by atoms with Crippen molar-refractivity contribution < 1.29 is 18.3 Å². The van der Waals surface area contributed by atoms with Crippen LogP contribution in [-0.2, 0) is 26.2 Å². The third-order valence-electron chi connectivity index (χ3n) is 8.03. The van der Waals surface area contributed by atoms with Crippen LogP contribution < -0.4 is 29.2 Å². The van der Waals surface area contributed by atoms with Gasteiger partial charge < -0.3 is 0 Å². The van der Waals surface area contributed by atoms with Crippen molar-refractivity contribution >= 4 is 38.8 Å². The van der Waals surface area contributed by atoms with Gasteiger partial charge >= 0.3 is 0 Å². The highest BCUT2D eigenvalue weighted by atomic mass is 14.9. The van der Waals surface area contributed by atoms with Gasteiger partial charge in [-0.2, -0.15) is 0 Å². The fraction of sp³-hybridized carbons (Fsp3) is 0.100. The van der Waals surface area contributed by atoms with Crippen LogP contribution in [0.25, 0.3) is 23.3 Å². The Labute approximate surface area is 274 Å². The summed E-state index contributed by atoms with van der Waals surface area (Å²) in [5.74, 6) is 0. The zero-order chi connectivity index (χ0) is 31.9. The first-order chi connectivity index (χ1) is 22.4. The zero-order valence-corrected chi connectivity index (χ0v) is 26.0. The highest BCUT2D eigenvalue weighted by Gasteiger charge is 2.12. The van der Waals surface area contributed by atoms with Crippen molar-refractivity contribution in [3.63, 3.8) is 0 Å². The lowest BCUT2D eigenvalue weighted by Crippen LogP contribution is -2.35. The molecule has 0 aliphatic rings. The largest absolute Gasteiger partial charge is 0.201 e. The molecule has 0 atom stereocenters. The van der Waals surface area contributed by atoms with Crippen LogP contribution in [0, 0.1) is 0 Å². The SMILES string of the molecule is [B]c1cc(C[n+]2ccc(C=C)cc2)cc(C[n+]2ccc(-c3cc[n+](Cc4cc([B])cc(C[n+]5ccc(C=C)cc5)c4)cc3)cc2)c1. The van der Waals surface area contributed by atoms with Crippen molar-refractivity contribution in [3.05, 3.63) is 181 Å². The fourth-order valence-electron chi connectivity index (χ4n) is 5.72. The van der Waals surface area contributed by atoms with E-state index in [4.69, 9.17) is 15.7 Å². The van der Waals surface area contributed by atoms with Gasteiger partial charge in [0, 0.05) is 70.8 Å². The maximum atomic E-state index is 6.28. The molecule has 0 N–H and O–H groups in total. The van der Waals surface area contributed by atoms with E-state index in [1.54, 1.807) is 0 Å². The van der Waals surface area contributed by atoms with Crippen molar-refractivity contribution in [3.8, 4) is 11.1 Å². The molecule has 6 heteroatoms. The summed E-state index contributed by atoms with van der Waals surface area (Å²) in [6.07, 6.45) is 20.5. The molecule has 218 valence electrons. The first-order valence-corrected chi connectivity index (χ1v) is 15.4. The van der Waals surface area contributed by atoms with E-state index in [2.05, 4.69) is 154 Å². The first kappa shape index (κ1) is 30.7. The van der Waals surface area contributed by atoms with Gasteiger partial charge in [0.05, 0.1) is 0 Å². The van der Waals surface area contributed by atoms with Gasteiger partial charge in [0.25, 0.3) is 0 Å².